The molecule has 1 aliphatic carbocycles. The summed E-state index contributed by atoms with van der Waals surface area (Å²) in [5.74, 6) is 0.336. The molecule has 1 amide bonds. The molecule has 2 aromatic rings. The number of fused-ring (bicyclic) bond motifs is 1. The van der Waals surface area contributed by atoms with E-state index in [1.807, 2.05) is 18.2 Å². The summed E-state index contributed by atoms with van der Waals surface area (Å²) in [6, 6.07) is 10.2. The Morgan fingerprint density at radius 1 is 1.21 bits per heavy atom. The molecule has 0 aliphatic heterocycles. The number of nitrogens with one attached hydrogen (secondary N) is 1. The Balaban J connectivity index is 1.83. The average molecular weight is 325 g/mol. The number of anilines is 1. The molecule has 0 saturated carbocycles. The second-order valence-corrected chi connectivity index (χ2v) is 5.89. The largest absolute Gasteiger partial charge is 0.489 e. The first kappa shape index (κ1) is 16.2. The van der Waals surface area contributed by atoms with Crippen LogP contribution < -0.4 is 10.1 Å². The van der Waals surface area contributed by atoms with Crippen molar-refractivity contribution in [3.05, 3.63) is 71.6 Å². The minimum absolute atomic E-state index is 0.212. The molecule has 0 radical (unpaired) electrons. The number of carbonyl (C=O) groups excluding carboxylic acids is 1. The van der Waals surface area contributed by atoms with Crippen LogP contribution in [0.15, 0.2) is 49.1 Å². The summed E-state index contributed by atoms with van der Waals surface area (Å²) in [7, 11) is 0. The van der Waals surface area contributed by atoms with Gasteiger partial charge in [-0.3, -0.25) is 4.79 Å². The quantitative estimate of drug-likeness (QED) is 0.827. The Hall–Kier alpha value is -2.62. The van der Waals surface area contributed by atoms with E-state index in [2.05, 4.69) is 11.9 Å². The molecule has 0 spiro atoms. The van der Waals surface area contributed by atoms with Crippen molar-refractivity contribution in [2.24, 2.45) is 0 Å². The lowest BCUT2D eigenvalue weighted by molar-refractivity contribution is -0.111. The van der Waals surface area contributed by atoms with Crippen LogP contribution in [-0.2, 0) is 24.2 Å². The molecule has 124 valence electrons. The van der Waals surface area contributed by atoms with Gasteiger partial charge in [0.15, 0.2) is 0 Å². The van der Waals surface area contributed by atoms with Crippen LogP contribution >= 0.6 is 0 Å². The number of carbonyl (C=O) groups is 1. The molecule has 0 saturated heterocycles. The lowest BCUT2D eigenvalue weighted by Gasteiger charge is -2.23. The Kier molecular flexibility index (Phi) is 4.94. The van der Waals surface area contributed by atoms with Crippen molar-refractivity contribution in [2.45, 2.75) is 32.3 Å². The molecule has 0 unspecified atom stereocenters. The second kappa shape index (κ2) is 7.30. The molecule has 0 aromatic heterocycles. The van der Waals surface area contributed by atoms with Gasteiger partial charge >= 0.3 is 0 Å². The summed E-state index contributed by atoms with van der Waals surface area (Å²) in [6.07, 6.45) is 5.30. The van der Waals surface area contributed by atoms with Gasteiger partial charge in [0.1, 0.15) is 18.2 Å². The van der Waals surface area contributed by atoms with Gasteiger partial charge in [-0.15, -0.1) is 0 Å². The molecular formula is C20H20FNO2. The van der Waals surface area contributed by atoms with Crippen LogP contribution in [-0.4, -0.2) is 5.91 Å². The third-order valence-electron chi connectivity index (χ3n) is 4.22. The molecule has 24 heavy (non-hydrogen) atoms. The van der Waals surface area contributed by atoms with Crippen LogP contribution in [0.3, 0.4) is 0 Å². The van der Waals surface area contributed by atoms with E-state index in [0.717, 1.165) is 53.8 Å². The summed E-state index contributed by atoms with van der Waals surface area (Å²) < 4.78 is 19.2. The van der Waals surface area contributed by atoms with E-state index in [1.165, 1.54) is 18.2 Å². The van der Waals surface area contributed by atoms with Gasteiger partial charge in [0.25, 0.3) is 0 Å². The van der Waals surface area contributed by atoms with Gasteiger partial charge in [-0.1, -0.05) is 18.7 Å². The highest BCUT2D eigenvalue weighted by Crippen LogP contribution is 2.35. The van der Waals surface area contributed by atoms with Crippen LogP contribution in [0.5, 0.6) is 5.75 Å². The number of hydrogen-bond donors (Lipinski definition) is 1. The molecule has 1 aliphatic rings. The van der Waals surface area contributed by atoms with E-state index in [4.69, 9.17) is 4.74 Å². The van der Waals surface area contributed by atoms with Gasteiger partial charge in [-0.25, -0.2) is 4.39 Å². The zero-order valence-corrected chi connectivity index (χ0v) is 13.5. The summed E-state index contributed by atoms with van der Waals surface area (Å²) >= 11 is 0. The predicted octanol–water partition coefficient (Wildman–Crippen LogP) is 4.41. The maximum atomic E-state index is 13.3. The average Bonchev–Trinajstić information content (AvgIpc) is 2.61. The first-order chi connectivity index (χ1) is 11.7. The summed E-state index contributed by atoms with van der Waals surface area (Å²) in [6.45, 7) is 3.81. The Morgan fingerprint density at radius 3 is 2.75 bits per heavy atom. The molecule has 4 heteroatoms. The Bertz CT molecular complexity index is 770. The van der Waals surface area contributed by atoms with Gasteiger partial charge in [-0.05, 0) is 72.7 Å². The first-order valence-corrected chi connectivity index (χ1v) is 8.13. The van der Waals surface area contributed by atoms with E-state index in [9.17, 15) is 9.18 Å². The van der Waals surface area contributed by atoms with Crippen molar-refractivity contribution in [3.8, 4) is 5.75 Å². The van der Waals surface area contributed by atoms with Gasteiger partial charge in [0.2, 0.25) is 5.91 Å². The van der Waals surface area contributed by atoms with Gasteiger partial charge < -0.3 is 10.1 Å². The molecule has 3 nitrogen and oxygen atoms in total. The van der Waals surface area contributed by atoms with E-state index in [0.29, 0.717) is 6.61 Å². The molecular weight excluding hydrogens is 305 g/mol. The highest BCUT2D eigenvalue weighted by Gasteiger charge is 2.18. The zero-order chi connectivity index (χ0) is 16.9. The lowest BCUT2D eigenvalue weighted by atomic mass is 9.89. The van der Waals surface area contributed by atoms with Crippen molar-refractivity contribution in [1.82, 2.24) is 0 Å². The van der Waals surface area contributed by atoms with E-state index in [1.54, 1.807) is 6.07 Å². The topological polar surface area (TPSA) is 38.3 Å². The molecule has 1 N–H and O–H groups in total. The summed E-state index contributed by atoms with van der Waals surface area (Å²) in [4.78, 5) is 11.6. The third kappa shape index (κ3) is 3.65. The lowest BCUT2D eigenvalue weighted by Crippen LogP contribution is -2.14. The summed E-state index contributed by atoms with van der Waals surface area (Å²) in [5.41, 5.74) is 3.89. The smallest absolute Gasteiger partial charge is 0.247 e. The predicted molar refractivity (Wildman–Crippen MR) is 92.6 cm³/mol. The van der Waals surface area contributed by atoms with Crippen LogP contribution in [0, 0.1) is 5.82 Å². The Labute approximate surface area is 141 Å². The highest BCUT2D eigenvalue weighted by atomic mass is 19.1. The number of halogens is 1. The molecule has 3 rings (SSSR count). The van der Waals surface area contributed by atoms with Crippen molar-refractivity contribution in [1.29, 1.82) is 0 Å². The molecule has 2 aromatic carbocycles. The third-order valence-corrected chi connectivity index (χ3v) is 4.22. The van der Waals surface area contributed by atoms with Crippen molar-refractivity contribution >= 4 is 11.6 Å². The normalized spacial score (nSPS) is 13.0. The number of ether oxygens (including phenoxy) is 1. The van der Waals surface area contributed by atoms with Crippen LogP contribution in [0.25, 0.3) is 0 Å². The second-order valence-electron chi connectivity index (χ2n) is 5.89. The maximum Gasteiger partial charge on any atom is 0.247 e. The van der Waals surface area contributed by atoms with Gasteiger partial charge in [-0.2, -0.15) is 0 Å². The summed E-state index contributed by atoms with van der Waals surface area (Å²) in [5, 5.41) is 2.87. The number of amides is 1. The fourth-order valence-corrected chi connectivity index (χ4v) is 3.06. The van der Waals surface area contributed by atoms with E-state index >= 15 is 0 Å². The number of hydrogen-bond acceptors (Lipinski definition) is 2. The highest BCUT2D eigenvalue weighted by molar-refractivity contribution is 5.99. The number of rotatable bonds is 5. The minimum atomic E-state index is -0.263. The van der Waals surface area contributed by atoms with Crippen molar-refractivity contribution in [3.63, 3.8) is 0 Å². The minimum Gasteiger partial charge on any atom is -0.489 e. The molecule has 0 atom stereocenters. The number of benzene rings is 2. The van der Waals surface area contributed by atoms with Crippen LogP contribution in [0.1, 0.15) is 29.5 Å². The monoisotopic (exact) mass is 325 g/mol. The fraction of sp³-hybridized carbons (Fsp3) is 0.250. The van der Waals surface area contributed by atoms with Crippen molar-refractivity contribution in [2.75, 3.05) is 5.32 Å². The first-order valence-electron chi connectivity index (χ1n) is 8.13. The van der Waals surface area contributed by atoms with Gasteiger partial charge in [0, 0.05) is 5.69 Å². The van der Waals surface area contributed by atoms with Crippen LogP contribution in [0.2, 0.25) is 0 Å². The maximum absolute atomic E-state index is 13.3. The fourth-order valence-electron chi connectivity index (χ4n) is 3.06. The zero-order valence-electron chi connectivity index (χ0n) is 13.5. The van der Waals surface area contributed by atoms with Gasteiger partial charge in [0.05, 0.1) is 0 Å². The standard InChI is InChI=1S/C20H20FNO2/c1-2-20(23)22-18-10-11-19(17-9-4-3-8-16(17)18)24-13-14-6-5-7-15(21)12-14/h2,5-7,10-12H,1,3-4,8-9,13H2,(H,22,23). The molecule has 0 bridgehead atoms. The van der Waals surface area contributed by atoms with Crippen molar-refractivity contribution < 1.29 is 13.9 Å². The molecule has 0 heterocycles. The van der Waals surface area contributed by atoms with E-state index < -0.39 is 0 Å². The Morgan fingerprint density at radius 2 is 2.00 bits per heavy atom. The van der Waals surface area contributed by atoms with E-state index in [-0.39, 0.29) is 11.7 Å². The van der Waals surface area contributed by atoms with Crippen LogP contribution in [0.4, 0.5) is 10.1 Å². The molecule has 0 fully saturated rings. The SMILES string of the molecule is C=CC(=O)Nc1ccc(OCc2cccc(F)c2)c2c1CCCC2.